The van der Waals surface area contributed by atoms with Crippen LogP contribution in [-0.4, -0.2) is 43.5 Å². The zero-order chi connectivity index (χ0) is 15.4. The molecule has 1 aromatic rings. The Morgan fingerprint density at radius 2 is 2.05 bits per heavy atom. The normalized spacial score (nSPS) is 18.8. The fourth-order valence-electron chi connectivity index (χ4n) is 2.37. The number of rotatable bonds is 4. The number of carbonyl (C=O) groups is 1. The van der Waals surface area contributed by atoms with Gasteiger partial charge in [0, 0.05) is 12.6 Å². The lowest BCUT2D eigenvalue weighted by atomic mass is 10.1. The topological polar surface area (TPSA) is 44.4 Å². The molecule has 1 atom stereocenters. The van der Waals surface area contributed by atoms with Gasteiger partial charge in [-0.05, 0) is 38.6 Å². The number of amides is 1. The molecule has 4 nitrogen and oxygen atoms in total. The van der Waals surface area contributed by atoms with E-state index in [1.165, 1.54) is 6.07 Å². The number of hydrogen-bond donors (Lipinski definition) is 2. The van der Waals surface area contributed by atoms with E-state index in [0.29, 0.717) is 33.3 Å². The molecule has 0 bridgehead atoms. The Kier molecular flexibility index (Phi) is 6.14. The lowest BCUT2D eigenvalue weighted by Gasteiger charge is -2.31. The van der Waals surface area contributed by atoms with E-state index >= 15 is 0 Å². The van der Waals surface area contributed by atoms with Gasteiger partial charge in [-0.3, -0.25) is 9.69 Å². The van der Waals surface area contributed by atoms with E-state index in [9.17, 15) is 4.79 Å². The Morgan fingerprint density at radius 3 is 2.71 bits per heavy atom. The predicted molar refractivity (Wildman–Crippen MR) is 88.6 cm³/mol. The van der Waals surface area contributed by atoms with Crippen LogP contribution in [0.4, 0.5) is 5.69 Å². The van der Waals surface area contributed by atoms with Crippen molar-refractivity contribution in [2.24, 2.45) is 0 Å². The molecular weight excluding hydrogens is 333 g/mol. The Bertz CT molecular complexity index is 518. The van der Waals surface area contributed by atoms with Gasteiger partial charge in [0.05, 0.1) is 27.3 Å². The highest BCUT2D eigenvalue weighted by atomic mass is 35.5. The van der Waals surface area contributed by atoms with Gasteiger partial charge in [0.2, 0.25) is 5.91 Å². The quantitative estimate of drug-likeness (QED) is 0.819. The second kappa shape index (κ2) is 7.65. The largest absolute Gasteiger partial charge is 0.324 e. The average Bonchev–Trinajstić information content (AvgIpc) is 2.45. The zero-order valence-corrected chi connectivity index (χ0v) is 14.0. The summed E-state index contributed by atoms with van der Waals surface area (Å²) in [5.41, 5.74) is 0.478. The van der Waals surface area contributed by atoms with E-state index in [2.05, 4.69) is 10.6 Å². The molecule has 21 heavy (non-hydrogen) atoms. The van der Waals surface area contributed by atoms with Crippen LogP contribution >= 0.6 is 34.8 Å². The molecule has 0 spiro atoms. The first-order chi connectivity index (χ1) is 9.97. The number of likely N-dealkylation sites (N-methyl/N-ethyl adjacent to an activating group) is 1. The van der Waals surface area contributed by atoms with Crippen LogP contribution in [0.2, 0.25) is 15.1 Å². The Hall–Kier alpha value is -0.520. The smallest absolute Gasteiger partial charge is 0.238 e. The minimum absolute atomic E-state index is 0.122. The van der Waals surface area contributed by atoms with Crippen molar-refractivity contribution in [2.45, 2.75) is 18.9 Å². The third-order valence-corrected chi connectivity index (χ3v) is 4.61. The lowest BCUT2D eigenvalue weighted by Crippen LogP contribution is -2.46. The van der Waals surface area contributed by atoms with Gasteiger partial charge < -0.3 is 10.6 Å². The average molecular weight is 351 g/mol. The summed E-state index contributed by atoms with van der Waals surface area (Å²) in [5, 5.41) is 7.21. The standard InChI is InChI=1S/C14H18Cl3N3O/c1-20(9-3-2-4-18-7-9)8-14(21)19-13-6-11(16)10(15)5-12(13)17/h5-6,9,18H,2-4,7-8H2,1H3,(H,19,21). The van der Waals surface area contributed by atoms with Gasteiger partial charge in [0.25, 0.3) is 0 Å². The molecule has 1 aliphatic rings. The molecule has 0 radical (unpaired) electrons. The molecule has 1 heterocycles. The zero-order valence-electron chi connectivity index (χ0n) is 11.8. The predicted octanol–water partition coefficient (Wildman–Crippen LogP) is 3.27. The molecule has 1 saturated heterocycles. The van der Waals surface area contributed by atoms with Crippen LogP contribution in [0, 0.1) is 0 Å². The van der Waals surface area contributed by atoms with Crippen molar-refractivity contribution in [2.75, 3.05) is 32.0 Å². The molecule has 2 N–H and O–H groups in total. The van der Waals surface area contributed by atoms with Crippen molar-refractivity contribution in [3.8, 4) is 0 Å². The summed E-state index contributed by atoms with van der Waals surface area (Å²) >= 11 is 17.8. The molecule has 0 aliphatic carbocycles. The Balaban J connectivity index is 1.93. The summed E-state index contributed by atoms with van der Waals surface area (Å²) < 4.78 is 0. The highest BCUT2D eigenvalue weighted by Crippen LogP contribution is 2.32. The van der Waals surface area contributed by atoms with Gasteiger partial charge in [0.1, 0.15) is 0 Å². The van der Waals surface area contributed by atoms with Crippen molar-refractivity contribution in [1.29, 1.82) is 0 Å². The summed E-state index contributed by atoms with van der Waals surface area (Å²) in [6, 6.07) is 3.47. The van der Waals surface area contributed by atoms with E-state index in [1.54, 1.807) is 6.07 Å². The summed E-state index contributed by atoms with van der Waals surface area (Å²) in [5.74, 6) is -0.122. The first-order valence-electron chi connectivity index (χ1n) is 6.82. The molecule has 2 rings (SSSR count). The number of carbonyl (C=O) groups excluding carboxylic acids is 1. The molecular formula is C14H18Cl3N3O. The molecule has 1 unspecified atom stereocenters. The maximum Gasteiger partial charge on any atom is 0.238 e. The lowest BCUT2D eigenvalue weighted by molar-refractivity contribution is -0.117. The summed E-state index contributed by atoms with van der Waals surface area (Å²) in [6.45, 7) is 2.27. The van der Waals surface area contributed by atoms with Crippen LogP contribution in [0.25, 0.3) is 0 Å². The van der Waals surface area contributed by atoms with Crippen LogP contribution < -0.4 is 10.6 Å². The maximum absolute atomic E-state index is 12.1. The van der Waals surface area contributed by atoms with Crippen LogP contribution in [0.3, 0.4) is 0 Å². The number of nitrogens with one attached hydrogen (secondary N) is 2. The minimum Gasteiger partial charge on any atom is -0.324 e. The van der Waals surface area contributed by atoms with Gasteiger partial charge in [-0.15, -0.1) is 0 Å². The van der Waals surface area contributed by atoms with Crippen LogP contribution in [0.15, 0.2) is 12.1 Å². The van der Waals surface area contributed by atoms with E-state index in [4.69, 9.17) is 34.8 Å². The number of anilines is 1. The second-order valence-corrected chi connectivity index (χ2v) is 6.43. The van der Waals surface area contributed by atoms with E-state index in [-0.39, 0.29) is 5.91 Å². The number of hydrogen-bond acceptors (Lipinski definition) is 3. The highest BCUT2D eigenvalue weighted by Gasteiger charge is 2.20. The SMILES string of the molecule is CN(CC(=O)Nc1cc(Cl)c(Cl)cc1Cl)C1CCCNC1. The maximum atomic E-state index is 12.1. The second-order valence-electron chi connectivity index (χ2n) is 5.21. The molecule has 116 valence electrons. The van der Waals surface area contributed by atoms with Gasteiger partial charge in [-0.1, -0.05) is 34.8 Å². The van der Waals surface area contributed by atoms with Gasteiger partial charge >= 0.3 is 0 Å². The molecule has 0 aromatic heterocycles. The molecule has 0 saturated carbocycles. The Labute approximate surface area is 139 Å². The van der Waals surface area contributed by atoms with Gasteiger partial charge in [-0.2, -0.15) is 0 Å². The number of benzene rings is 1. The number of piperidine rings is 1. The first kappa shape index (κ1) is 16.8. The molecule has 1 aliphatic heterocycles. The molecule has 7 heteroatoms. The fourth-order valence-corrected chi connectivity index (χ4v) is 2.97. The number of halogens is 3. The van der Waals surface area contributed by atoms with Gasteiger partial charge in [0.15, 0.2) is 0 Å². The molecule has 1 fully saturated rings. The van der Waals surface area contributed by atoms with Crippen LogP contribution in [0.5, 0.6) is 0 Å². The van der Waals surface area contributed by atoms with Crippen molar-refractivity contribution in [3.63, 3.8) is 0 Å². The van der Waals surface area contributed by atoms with Crippen LogP contribution in [-0.2, 0) is 4.79 Å². The summed E-state index contributed by atoms with van der Waals surface area (Å²) in [4.78, 5) is 14.2. The van der Waals surface area contributed by atoms with E-state index < -0.39 is 0 Å². The van der Waals surface area contributed by atoms with Crippen molar-refractivity contribution in [1.82, 2.24) is 10.2 Å². The van der Waals surface area contributed by atoms with E-state index in [0.717, 1.165) is 25.9 Å². The fraction of sp³-hybridized carbons (Fsp3) is 0.500. The molecule has 1 aromatic carbocycles. The summed E-state index contributed by atoms with van der Waals surface area (Å²) in [6.07, 6.45) is 2.24. The van der Waals surface area contributed by atoms with Crippen molar-refractivity contribution in [3.05, 3.63) is 27.2 Å². The first-order valence-corrected chi connectivity index (χ1v) is 7.96. The molecule has 1 amide bonds. The third-order valence-electron chi connectivity index (χ3n) is 3.57. The summed E-state index contributed by atoms with van der Waals surface area (Å²) in [7, 11) is 1.95. The minimum atomic E-state index is -0.122. The highest BCUT2D eigenvalue weighted by molar-refractivity contribution is 6.44. The van der Waals surface area contributed by atoms with Crippen molar-refractivity contribution < 1.29 is 4.79 Å². The van der Waals surface area contributed by atoms with Crippen LogP contribution in [0.1, 0.15) is 12.8 Å². The van der Waals surface area contributed by atoms with Gasteiger partial charge in [-0.25, -0.2) is 0 Å². The van der Waals surface area contributed by atoms with E-state index in [1.807, 2.05) is 11.9 Å². The Morgan fingerprint density at radius 1 is 1.33 bits per heavy atom. The third kappa shape index (κ3) is 4.73. The monoisotopic (exact) mass is 349 g/mol. The number of nitrogens with zero attached hydrogens (tertiary/aromatic N) is 1. The van der Waals surface area contributed by atoms with Crippen molar-refractivity contribution >= 4 is 46.4 Å².